The first-order valence-corrected chi connectivity index (χ1v) is 8.56. The molecule has 138 valence electrons. The van der Waals surface area contributed by atoms with Crippen molar-refractivity contribution >= 4 is 29.9 Å². The van der Waals surface area contributed by atoms with E-state index in [2.05, 4.69) is 58.8 Å². The summed E-state index contributed by atoms with van der Waals surface area (Å²) in [6, 6.07) is 8.82. The van der Waals surface area contributed by atoms with Crippen molar-refractivity contribution in [1.82, 2.24) is 20.4 Å². The Labute approximate surface area is 168 Å². The summed E-state index contributed by atoms with van der Waals surface area (Å²) in [6.45, 7) is 7.90. The number of aliphatic imine (C=N–C) groups is 1. The zero-order valence-corrected chi connectivity index (χ0v) is 18.2. The largest absolute Gasteiger partial charge is 0.356 e. The monoisotopic (exact) mass is 455 g/mol. The van der Waals surface area contributed by atoms with Crippen LogP contribution in [0.2, 0.25) is 0 Å². The summed E-state index contributed by atoms with van der Waals surface area (Å²) in [6.07, 6.45) is 2.07. The third kappa shape index (κ3) is 6.02. The van der Waals surface area contributed by atoms with Gasteiger partial charge in [-0.15, -0.1) is 24.0 Å². The lowest BCUT2D eigenvalue weighted by molar-refractivity contribution is 0.728. The molecular weight excluding hydrogens is 425 g/mol. The Kier molecular flexibility index (Phi) is 8.96. The van der Waals surface area contributed by atoms with Gasteiger partial charge in [-0.05, 0) is 37.8 Å². The lowest BCUT2D eigenvalue weighted by Gasteiger charge is -2.12. The normalized spacial score (nSPS) is 11.2. The van der Waals surface area contributed by atoms with Gasteiger partial charge in [0.25, 0.3) is 0 Å². The van der Waals surface area contributed by atoms with Crippen molar-refractivity contribution in [2.45, 2.75) is 40.2 Å². The second-order valence-corrected chi connectivity index (χ2v) is 6.05. The molecule has 0 bridgehead atoms. The number of aryl methyl sites for hydroxylation is 3. The van der Waals surface area contributed by atoms with Crippen molar-refractivity contribution in [2.75, 3.05) is 13.6 Å². The average molecular weight is 455 g/mol. The van der Waals surface area contributed by atoms with Crippen molar-refractivity contribution < 1.29 is 0 Å². The molecule has 1 aromatic heterocycles. The van der Waals surface area contributed by atoms with E-state index in [1.807, 2.05) is 18.7 Å². The number of guanidine groups is 1. The second kappa shape index (κ2) is 10.4. The van der Waals surface area contributed by atoms with Crippen molar-refractivity contribution in [3.63, 3.8) is 0 Å². The number of hydrogen-bond donors (Lipinski definition) is 2. The lowest BCUT2D eigenvalue weighted by atomic mass is 10.1. The summed E-state index contributed by atoms with van der Waals surface area (Å²) in [5, 5.41) is 11.2. The summed E-state index contributed by atoms with van der Waals surface area (Å²) in [5.41, 5.74) is 6.21. The maximum atomic E-state index is 4.45. The molecule has 0 aliphatic heterocycles. The Balaban J connectivity index is 0.00000312. The fourth-order valence-corrected chi connectivity index (χ4v) is 2.73. The average Bonchev–Trinajstić information content (AvgIpc) is 2.84. The Morgan fingerprint density at radius 1 is 1.12 bits per heavy atom. The highest BCUT2D eigenvalue weighted by atomic mass is 127. The van der Waals surface area contributed by atoms with Crippen LogP contribution in [0.25, 0.3) is 0 Å². The molecule has 2 rings (SSSR count). The summed E-state index contributed by atoms with van der Waals surface area (Å²) in [7, 11) is 3.77. The maximum absolute atomic E-state index is 4.45. The highest BCUT2D eigenvalue weighted by Gasteiger charge is 2.09. The Hall–Kier alpha value is -1.57. The van der Waals surface area contributed by atoms with E-state index in [1.165, 1.54) is 22.4 Å². The first kappa shape index (κ1) is 21.5. The van der Waals surface area contributed by atoms with Crippen LogP contribution in [-0.4, -0.2) is 29.3 Å². The Morgan fingerprint density at radius 3 is 2.28 bits per heavy atom. The van der Waals surface area contributed by atoms with Gasteiger partial charge in [0.15, 0.2) is 5.96 Å². The van der Waals surface area contributed by atoms with Gasteiger partial charge < -0.3 is 10.6 Å². The van der Waals surface area contributed by atoms with Gasteiger partial charge in [-0.25, -0.2) is 0 Å². The third-order valence-corrected chi connectivity index (χ3v) is 4.45. The van der Waals surface area contributed by atoms with E-state index in [0.717, 1.165) is 37.6 Å². The number of rotatable bonds is 6. The summed E-state index contributed by atoms with van der Waals surface area (Å²) in [4.78, 5) is 4.30. The van der Waals surface area contributed by atoms with E-state index in [0.29, 0.717) is 0 Å². The smallest absolute Gasteiger partial charge is 0.191 e. The van der Waals surface area contributed by atoms with E-state index in [9.17, 15) is 0 Å². The molecule has 25 heavy (non-hydrogen) atoms. The maximum Gasteiger partial charge on any atom is 0.191 e. The number of nitrogens with one attached hydrogen (secondary N) is 2. The topological polar surface area (TPSA) is 54.2 Å². The van der Waals surface area contributed by atoms with Gasteiger partial charge in [0, 0.05) is 38.4 Å². The number of halogens is 1. The van der Waals surface area contributed by atoms with Crippen molar-refractivity contribution in [3.8, 4) is 0 Å². The van der Waals surface area contributed by atoms with Gasteiger partial charge in [-0.1, -0.05) is 31.2 Å². The Bertz CT molecular complexity index is 689. The first-order valence-electron chi connectivity index (χ1n) is 8.56. The molecule has 0 aliphatic carbocycles. The van der Waals surface area contributed by atoms with Crippen LogP contribution >= 0.6 is 24.0 Å². The number of hydrogen-bond acceptors (Lipinski definition) is 2. The molecule has 0 spiro atoms. The first-order chi connectivity index (χ1) is 11.5. The van der Waals surface area contributed by atoms with Gasteiger partial charge in [0.1, 0.15) is 0 Å². The van der Waals surface area contributed by atoms with Crippen LogP contribution in [-0.2, 0) is 26.4 Å². The van der Waals surface area contributed by atoms with E-state index in [1.54, 1.807) is 7.05 Å². The van der Waals surface area contributed by atoms with E-state index < -0.39 is 0 Å². The summed E-state index contributed by atoms with van der Waals surface area (Å²) < 4.78 is 1.92. The van der Waals surface area contributed by atoms with Crippen LogP contribution in [0.4, 0.5) is 0 Å². The molecule has 6 heteroatoms. The van der Waals surface area contributed by atoms with E-state index in [-0.39, 0.29) is 24.0 Å². The van der Waals surface area contributed by atoms with E-state index >= 15 is 0 Å². The third-order valence-electron chi connectivity index (χ3n) is 4.45. The molecule has 5 nitrogen and oxygen atoms in total. The highest BCUT2D eigenvalue weighted by Crippen LogP contribution is 2.11. The van der Waals surface area contributed by atoms with Crippen LogP contribution in [0.15, 0.2) is 29.3 Å². The molecule has 0 radical (unpaired) electrons. The van der Waals surface area contributed by atoms with E-state index in [4.69, 9.17) is 0 Å². The molecule has 2 N–H and O–H groups in total. The molecule has 0 amide bonds. The van der Waals surface area contributed by atoms with Gasteiger partial charge in [-0.3, -0.25) is 9.67 Å². The molecule has 0 fully saturated rings. The van der Waals surface area contributed by atoms with Crippen LogP contribution in [0.1, 0.15) is 35.0 Å². The zero-order chi connectivity index (χ0) is 17.5. The minimum Gasteiger partial charge on any atom is -0.356 e. The standard InChI is InChI=1S/C19H29N5.HI/c1-6-16-7-9-17(10-8-16)11-12-21-19(20-4)22-13-18-14(2)23-24(5)15(18)3;/h7-10H,6,11-13H2,1-5H3,(H2,20,21,22);1H. The van der Waals surface area contributed by atoms with Crippen LogP contribution in [0.5, 0.6) is 0 Å². The van der Waals surface area contributed by atoms with Crippen LogP contribution in [0.3, 0.4) is 0 Å². The molecule has 2 aromatic rings. The molecular formula is C19H30IN5. The molecule has 1 aromatic carbocycles. The SMILES string of the molecule is CCc1ccc(CCNC(=NC)NCc2c(C)nn(C)c2C)cc1.I. The van der Waals surface area contributed by atoms with Gasteiger partial charge in [0.2, 0.25) is 0 Å². The predicted molar refractivity (Wildman–Crippen MR) is 116 cm³/mol. The molecule has 0 atom stereocenters. The van der Waals surface area contributed by atoms with Crippen molar-refractivity contribution in [2.24, 2.45) is 12.0 Å². The minimum absolute atomic E-state index is 0. The van der Waals surface area contributed by atoms with Crippen molar-refractivity contribution in [3.05, 3.63) is 52.3 Å². The van der Waals surface area contributed by atoms with Crippen LogP contribution < -0.4 is 10.6 Å². The molecule has 0 saturated carbocycles. The van der Waals surface area contributed by atoms with Gasteiger partial charge in [0.05, 0.1) is 5.69 Å². The Morgan fingerprint density at radius 2 is 1.76 bits per heavy atom. The zero-order valence-electron chi connectivity index (χ0n) is 15.9. The summed E-state index contributed by atoms with van der Waals surface area (Å²) >= 11 is 0. The van der Waals surface area contributed by atoms with Crippen LogP contribution in [0, 0.1) is 13.8 Å². The van der Waals surface area contributed by atoms with Gasteiger partial charge >= 0.3 is 0 Å². The molecule has 1 heterocycles. The summed E-state index contributed by atoms with van der Waals surface area (Å²) in [5.74, 6) is 0.822. The van der Waals surface area contributed by atoms with Gasteiger partial charge in [-0.2, -0.15) is 5.10 Å². The predicted octanol–water partition coefficient (Wildman–Crippen LogP) is 3.13. The number of nitrogens with zero attached hydrogens (tertiary/aromatic N) is 3. The fraction of sp³-hybridized carbons (Fsp3) is 0.474. The molecule has 0 unspecified atom stereocenters. The quantitative estimate of drug-likeness (QED) is 0.400. The second-order valence-electron chi connectivity index (χ2n) is 6.05. The highest BCUT2D eigenvalue weighted by molar-refractivity contribution is 14.0. The number of benzene rings is 1. The molecule has 0 aliphatic rings. The van der Waals surface area contributed by atoms with Crippen molar-refractivity contribution in [1.29, 1.82) is 0 Å². The lowest BCUT2D eigenvalue weighted by Crippen LogP contribution is -2.38. The minimum atomic E-state index is 0. The fourth-order valence-electron chi connectivity index (χ4n) is 2.73. The molecule has 0 saturated heterocycles. The number of aromatic nitrogens is 2.